The molecular weight excluding hydrogens is 264 g/mol. The van der Waals surface area contributed by atoms with Gasteiger partial charge in [0.1, 0.15) is 6.10 Å². The van der Waals surface area contributed by atoms with Crippen LogP contribution in [0.1, 0.15) is 65.2 Å². The first kappa shape index (κ1) is 16.9. The summed E-state index contributed by atoms with van der Waals surface area (Å²) < 4.78 is 33.3. The van der Waals surface area contributed by atoms with Crippen molar-refractivity contribution >= 4 is 10.1 Å². The Morgan fingerprint density at radius 2 is 2.00 bits per heavy atom. The highest BCUT2D eigenvalue weighted by Gasteiger charge is 2.28. The maximum Gasteiger partial charge on any atom is 0.264 e. The highest BCUT2D eigenvalue weighted by Crippen LogP contribution is 2.26. The Hall–Kier alpha value is -0.130. The van der Waals surface area contributed by atoms with Crippen LogP contribution in [0.5, 0.6) is 0 Å². The molecule has 114 valence electrons. The minimum Gasteiger partial charge on any atom is -0.372 e. The van der Waals surface area contributed by atoms with E-state index in [-0.39, 0.29) is 18.3 Å². The van der Waals surface area contributed by atoms with Crippen LogP contribution in [0.15, 0.2) is 0 Å². The Labute approximate surface area is 118 Å². The van der Waals surface area contributed by atoms with Crippen LogP contribution < -0.4 is 0 Å². The largest absolute Gasteiger partial charge is 0.372 e. The van der Waals surface area contributed by atoms with Gasteiger partial charge < -0.3 is 4.74 Å². The van der Waals surface area contributed by atoms with Crippen LogP contribution in [0.25, 0.3) is 0 Å². The van der Waals surface area contributed by atoms with Crippen molar-refractivity contribution in [3.8, 4) is 0 Å². The summed E-state index contributed by atoms with van der Waals surface area (Å²) in [7, 11) is -3.39. The highest BCUT2D eigenvalue weighted by atomic mass is 32.2. The van der Waals surface area contributed by atoms with Crippen LogP contribution in [0.3, 0.4) is 0 Å². The molecule has 0 amide bonds. The summed E-state index contributed by atoms with van der Waals surface area (Å²) in [5.74, 6) is 0. The lowest BCUT2D eigenvalue weighted by molar-refractivity contribution is -0.0943. The Morgan fingerprint density at radius 3 is 2.63 bits per heavy atom. The summed E-state index contributed by atoms with van der Waals surface area (Å²) in [5, 5.41) is 0. The third-order valence-electron chi connectivity index (χ3n) is 3.61. The van der Waals surface area contributed by atoms with Crippen LogP contribution in [0.2, 0.25) is 0 Å². The van der Waals surface area contributed by atoms with Crippen molar-refractivity contribution < 1.29 is 17.3 Å². The molecule has 0 aromatic carbocycles. The van der Waals surface area contributed by atoms with Gasteiger partial charge in [0.15, 0.2) is 0 Å². The van der Waals surface area contributed by atoms with Crippen LogP contribution in [0.4, 0.5) is 0 Å². The molecule has 0 aromatic rings. The van der Waals surface area contributed by atoms with Gasteiger partial charge in [0.25, 0.3) is 10.1 Å². The lowest BCUT2D eigenvalue weighted by atomic mass is 9.97. The molecule has 5 heteroatoms. The lowest BCUT2D eigenvalue weighted by Crippen LogP contribution is -2.37. The van der Waals surface area contributed by atoms with Crippen molar-refractivity contribution in [3.05, 3.63) is 0 Å². The van der Waals surface area contributed by atoms with Gasteiger partial charge in [-0.3, -0.25) is 4.18 Å². The minimum absolute atomic E-state index is 0.0837. The Kier molecular flexibility index (Phi) is 7.32. The van der Waals surface area contributed by atoms with Gasteiger partial charge in [-0.25, -0.2) is 0 Å². The normalized spacial score (nSPS) is 26.3. The van der Waals surface area contributed by atoms with E-state index < -0.39 is 10.1 Å². The van der Waals surface area contributed by atoms with E-state index in [1.165, 1.54) is 25.7 Å². The summed E-state index contributed by atoms with van der Waals surface area (Å²) in [6, 6.07) is 0. The molecular formula is C14H28O4S. The van der Waals surface area contributed by atoms with Crippen molar-refractivity contribution in [2.24, 2.45) is 0 Å². The Balaban J connectivity index is 2.33. The van der Waals surface area contributed by atoms with E-state index in [0.29, 0.717) is 0 Å². The van der Waals surface area contributed by atoms with E-state index in [4.69, 9.17) is 8.92 Å². The SMILES string of the molecule is CCCCCC[C@@H]1CCC[C@@H]([C@@H](C)OS(C)(=O)=O)O1. The first-order valence-corrected chi connectivity index (χ1v) is 9.27. The second kappa shape index (κ2) is 8.22. The predicted molar refractivity (Wildman–Crippen MR) is 76.7 cm³/mol. The van der Waals surface area contributed by atoms with Crippen LogP contribution in [-0.4, -0.2) is 33.0 Å². The van der Waals surface area contributed by atoms with E-state index >= 15 is 0 Å². The first-order chi connectivity index (χ1) is 8.92. The monoisotopic (exact) mass is 292 g/mol. The fourth-order valence-electron chi connectivity index (χ4n) is 2.62. The Morgan fingerprint density at radius 1 is 1.26 bits per heavy atom. The smallest absolute Gasteiger partial charge is 0.264 e. The quantitative estimate of drug-likeness (QED) is 0.509. The fraction of sp³-hybridized carbons (Fsp3) is 1.00. The van der Waals surface area contributed by atoms with E-state index in [0.717, 1.165) is 31.9 Å². The minimum atomic E-state index is -3.39. The van der Waals surface area contributed by atoms with Crippen LogP contribution in [0, 0.1) is 0 Å². The molecule has 19 heavy (non-hydrogen) atoms. The van der Waals surface area contributed by atoms with E-state index in [1.54, 1.807) is 6.92 Å². The third kappa shape index (κ3) is 7.28. The number of hydrogen-bond acceptors (Lipinski definition) is 4. The molecule has 0 aliphatic carbocycles. The highest BCUT2D eigenvalue weighted by molar-refractivity contribution is 7.86. The zero-order valence-corrected chi connectivity index (χ0v) is 13.2. The molecule has 0 N–H and O–H groups in total. The van der Waals surface area contributed by atoms with Gasteiger partial charge in [0.05, 0.1) is 18.5 Å². The number of hydrogen-bond donors (Lipinski definition) is 0. The fourth-order valence-corrected chi connectivity index (χ4v) is 3.30. The number of unbranched alkanes of at least 4 members (excludes halogenated alkanes) is 3. The molecule has 1 saturated heterocycles. The van der Waals surface area contributed by atoms with Gasteiger partial charge in [-0.05, 0) is 32.6 Å². The molecule has 4 nitrogen and oxygen atoms in total. The summed E-state index contributed by atoms with van der Waals surface area (Å²) in [6.45, 7) is 3.99. The molecule has 3 atom stereocenters. The van der Waals surface area contributed by atoms with E-state index in [9.17, 15) is 8.42 Å². The molecule has 1 heterocycles. The van der Waals surface area contributed by atoms with Crippen molar-refractivity contribution in [3.63, 3.8) is 0 Å². The molecule has 1 fully saturated rings. The summed E-state index contributed by atoms with van der Waals surface area (Å²) >= 11 is 0. The average Bonchev–Trinajstić information content (AvgIpc) is 2.33. The van der Waals surface area contributed by atoms with Crippen LogP contribution in [-0.2, 0) is 19.0 Å². The zero-order chi connectivity index (χ0) is 14.3. The zero-order valence-electron chi connectivity index (χ0n) is 12.4. The van der Waals surface area contributed by atoms with Gasteiger partial charge in [0.2, 0.25) is 0 Å². The lowest BCUT2D eigenvalue weighted by Gasteiger charge is -2.33. The van der Waals surface area contributed by atoms with Gasteiger partial charge >= 0.3 is 0 Å². The van der Waals surface area contributed by atoms with Gasteiger partial charge in [-0.1, -0.05) is 32.6 Å². The van der Waals surface area contributed by atoms with Crippen molar-refractivity contribution in [2.45, 2.75) is 83.5 Å². The Bertz CT molecular complexity index is 339. The third-order valence-corrected chi connectivity index (χ3v) is 4.26. The molecule has 1 aliphatic heterocycles. The van der Waals surface area contributed by atoms with E-state index in [1.807, 2.05) is 0 Å². The predicted octanol–water partition coefficient (Wildman–Crippen LogP) is 3.26. The van der Waals surface area contributed by atoms with Crippen LogP contribution >= 0.6 is 0 Å². The van der Waals surface area contributed by atoms with E-state index in [2.05, 4.69) is 6.92 Å². The molecule has 0 saturated carbocycles. The first-order valence-electron chi connectivity index (χ1n) is 7.46. The molecule has 0 unspecified atom stereocenters. The molecule has 1 aliphatic rings. The van der Waals surface area contributed by atoms with Gasteiger partial charge in [-0.15, -0.1) is 0 Å². The maximum atomic E-state index is 11.1. The molecule has 0 bridgehead atoms. The number of rotatable bonds is 8. The summed E-state index contributed by atoms with van der Waals surface area (Å²) in [6.07, 6.45) is 10.1. The standard InChI is InChI=1S/C14H28O4S/c1-4-5-6-7-9-13-10-8-11-14(17-13)12(2)18-19(3,15)16/h12-14H,4-11H2,1-3H3/t12-,13-,14+/m1/s1. The average molecular weight is 292 g/mol. The maximum absolute atomic E-state index is 11.1. The van der Waals surface area contributed by atoms with Crippen molar-refractivity contribution in [1.82, 2.24) is 0 Å². The molecule has 0 radical (unpaired) electrons. The second-order valence-corrected chi connectivity index (χ2v) is 7.18. The van der Waals surface area contributed by atoms with Gasteiger partial charge in [-0.2, -0.15) is 8.42 Å². The summed E-state index contributed by atoms with van der Waals surface area (Å²) in [5.41, 5.74) is 0. The molecule has 0 spiro atoms. The molecule has 0 aromatic heterocycles. The van der Waals surface area contributed by atoms with Crippen molar-refractivity contribution in [2.75, 3.05) is 6.26 Å². The second-order valence-electron chi connectivity index (χ2n) is 5.58. The van der Waals surface area contributed by atoms with Gasteiger partial charge in [0, 0.05) is 0 Å². The number of ether oxygens (including phenoxy) is 1. The van der Waals surface area contributed by atoms with Crippen molar-refractivity contribution in [1.29, 1.82) is 0 Å². The topological polar surface area (TPSA) is 52.6 Å². The summed E-state index contributed by atoms with van der Waals surface area (Å²) in [4.78, 5) is 0. The molecule has 1 rings (SSSR count).